The smallest absolute Gasteiger partial charge is 0.310 e. The summed E-state index contributed by atoms with van der Waals surface area (Å²) in [6.07, 6.45) is -4.45. The molecule has 1 aromatic rings. The standard InChI is InChI=1S/C13H12Cl2F3NO/c1-12(15)9(6-14)7-19(11(12)20)10-4-2-3-8(5-10)13(16,17)18/h2-5,9H,6-7H2,1H3. The van der Waals surface area contributed by atoms with Gasteiger partial charge in [0.1, 0.15) is 4.87 Å². The van der Waals surface area contributed by atoms with E-state index in [-0.39, 0.29) is 24.0 Å². The van der Waals surface area contributed by atoms with Crippen LogP contribution < -0.4 is 4.90 Å². The summed E-state index contributed by atoms with van der Waals surface area (Å²) >= 11 is 11.9. The number of hydrogen-bond acceptors (Lipinski definition) is 1. The first kappa shape index (κ1) is 15.4. The minimum atomic E-state index is -4.45. The zero-order valence-electron chi connectivity index (χ0n) is 10.5. The fourth-order valence-corrected chi connectivity index (χ4v) is 2.91. The predicted molar refractivity (Wildman–Crippen MR) is 72.3 cm³/mol. The molecular formula is C13H12Cl2F3NO. The van der Waals surface area contributed by atoms with Gasteiger partial charge in [0.25, 0.3) is 0 Å². The van der Waals surface area contributed by atoms with Gasteiger partial charge in [0.2, 0.25) is 5.91 Å². The Morgan fingerprint density at radius 1 is 1.45 bits per heavy atom. The van der Waals surface area contributed by atoms with E-state index in [0.717, 1.165) is 12.1 Å². The molecule has 0 radical (unpaired) electrons. The maximum Gasteiger partial charge on any atom is 0.416 e. The summed E-state index contributed by atoms with van der Waals surface area (Å²) in [5.74, 6) is -0.571. The fraction of sp³-hybridized carbons (Fsp3) is 0.462. The molecule has 1 aliphatic heterocycles. The number of hydrogen-bond donors (Lipinski definition) is 0. The third kappa shape index (κ3) is 2.61. The second kappa shape index (κ2) is 5.11. The number of nitrogens with zero attached hydrogens (tertiary/aromatic N) is 1. The molecule has 1 saturated heterocycles. The molecule has 1 aromatic carbocycles. The van der Waals surface area contributed by atoms with E-state index in [1.165, 1.54) is 24.0 Å². The van der Waals surface area contributed by atoms with Crippen molar-refractivity contribution in [3.63, 3.8) is 0 Å². The molecular weight excluding hydrogens is 314 g/mol. The summed E-state index contributed by atoms with van der Waals surface area (Å²) in [5.41, 5.74) is -0.613. The number of benzene rings is 1. The van der Waals surface area contributed by atoms with E-state index in [1.807, 2.05) is 0 Å². The van der Waals surface area contributed by atoms with Crippen molar-refractivity contribution in [3.8, 4) is 0 Å². The lowest BCUT2D eigenvalue weighted by atomic mass is 9.99. The van der Waals surface area contributed by atoms with Gasteiger partial charge in [-0.05, 0) is 25.1 Å². The van der Waals surface area contributed by atoms with Crippen LogP contribution in [0.15, 0.2) is 24.3 Å². The van der Waals surface area contributed by atoms with Gasteiger partial charge in [0, 0.05) is 24.0 Å². The summed E-state index contributed by atoms with van der Waals surface area (Å²) in [6, 6.07) is 4.63. The number of amides is 1. The zero-order chi connectivity index (χ0) is 15.1. The summed E-state index contributed by atoms with van der Waals surface area (Å²) in [6.45, 7) is 1.75. The van der Waals surface area contributed by atoms with E-state index in [0.29, 0.717) is 0 Å². The Labute approximate surface area is 124 Å². The lowest BCUT2D eigenvalue weighted by molar-refractivity contribution is -0.137. The van der Waals surface area contributed by atoms with Crippen molar-refractivity contribution in [2.24, 2.45) is 5.92 Å². The second-order valence-electron chi connectivity index (χ2n) is 4.89. The fourth-order valence-electron chi connectivity index (χ4n) is 2.18. The summed E-state index contributed by atoms with van der Waals surface area (Å²) in [7, 11) is 0. The van der Waals surface area contributed by atoms with Crippen LogP contribution in [0.3, 0.4) is 0 Å². The molecule has 2 rings (SSSR count). The maximum atomic E-state index is 12.7. The highest BCUT2D eigenvalue weighted by atomic mass is 35.5. The SMILES string of the molecule is CC1(Cl)C(=O)N(c2cccc(C(F)(F)F)c2)CC1CCl. The third-order valence-electron chi connectivity index (χ3n) is 3.50. The number of carbonyl (C=O) groups is 1. The monoisotopic (exact) mass is 325 g/mol. The molecule has 0 aliphatic carbocycles. The molecule has 0 bridgehead atoms. The average Bonchev–Trinajstić information content (AvgIpc) is 2.60. The molecule has 2 atom stereocenters. The number of carbonyl (C=O) groups excluding carboxylic acids is 1. The first-order valence-corrected chi connectivity index (χ1v) is 6.83. The van der Waals surface area contributed by atoms with E-state index < -0.39 is 22.5 Å². The Morgan fingerprint density at radius 3 is 2.60 bits per heavy atom. The largest absolute Gasteiger partial charge is 0.416 e. The van der Waals surface area contributed by atoms with Crippen molar-refractivity contribution in [3.05, 3.63) is 29.8 Å². The topological polar surface area (TPSA) is 20.3 Å². The minimum Gasteiger partial charge on any atom is -0.310 e. The molecule has 1 fully saturated rings. The summed E-state index contributed by atoms with van der Waals surface area (Å²) < 4.78 is 38.1. The molecule has 1 aliphatic rings. The van der Waals surface area contributed by atoms with Crippen molar-refractivity contribution in [2.45, 2.75) is 18.0 Å². The third-order valence-corrected chi connectivity index (χ3v) is 4.35. The van der Waals surface area contributed by atoms with Crippen LogP contribution in [-0.2, 0) is 11.0 Å². The first-order valence-electron chi connectivity index (χ1n) is 5.92. The number of anilines is 1. The van der Waals surface area contributed by atoms with Crippen LogP contribution in [0, 0.1) is 5.92 Å². The molecule has 0 spiro atoms. The van der Waals surface area contributed by atoms with Gasteiger partial charge < -0.3 is 4.90 Å². The molecule has 2 unspecified atom stereocenters. The van der Waals surface area contributed by atoms with Gasteiger partial charge in [-0.15, -0.1) is 23.2 Å². The van der Waals surface area contributed by atoms with E-state index in [1.54, 1.807) is 0 Å². The van der Waals surface area contributed by atoms with Gasteiger partial charge in [-0.1, -0.05) is 6.07 Å². The molecule has 0 aromatic heterocycles. The molecule has 0 N–H and O–H groups in total. The average molecular weight is 326 g/mol. The number of rotatable bonds is 2. The Kier molecular flexibility index (Phi) is 3.95. The maximum absolute atomic E-state index is 12.7. The van der Waals surface area contributed by atoms with E-state index in [9.17, 15) is 18.0 Å². The van der Waals surface area contributed by atoms with Crippen molar-refractivity contribution < 1.29 is 18.0 Å². The molecule has 0 saturated carbocycles. The van der Waals surface area contributed by atoms with E-state index in [2.05, 4.69) is 0 Å². The second-order valence-corrected chi connectivity index (χ2v) is 5.98. The summed E-state index contributed by atoms with van der Waals surface area (Å²) in [5, 5.41) is 0. The molecule has 7 heteroatoms. The first-order chi connectivity index (χ1) is 9.17. The number of alkyl halides is 5. The highest BCUT2D eigenvalue weighted by molar-refractivity contribution is 6.38. The van der Waals surface area contributed by atoms with Crippen LogP contribution in [-0.4, -0.2) is 23.2 Å². The summed E-state index contributed by atoms with van der Waals surface area (Å²) in [4.78, 5) is 12.3. The van der Waals surface area contributed by atoms with E-state index in [4.69, 9.17) is 23.2 Å². The van der Waals surface area contributed by atoms with Crippen molar-refractivity contribution in [1.82, 2.24) is 0 Å². The molecule has 2 nitrogen and oxygen atoms in total. The van der Waals surface area contributed by atoms with Gasteiger partial charge in [-0.25, -0.2) is 0 Å². The van der Waals surface area contributed by atoms with E-state index >= 15 is 0 Å². The lowest BCUT2D eigenvalue weighted by Gasteiger charge is -2.20. The highest BCUT2D eigenvalue weighted by Gasteiger charge is 2.49. The van der Waals surface area contributed by atoms with Crippen LogP contribution >= 0.6 is 23.2 Å². The van der Waals surface area contributed by atoms with Crippen molar-refractivity contribution >= 4 is 34.8 Å². The van der Waals surface area contributed by atoms with Crippen LogP contribution in [0.4, 0.5) is 18.9 Å². The Hall–Kier alpha value is -0.940. The quantitative estimate of drug-likeness (QED) is 0.755. The van der Waals surface area contributed by atoms with Crippen LogP contribution in [0.1, 0.15) is 12.5 Å². The van der Waals surface area contributed by atoms with Gasteiger partial charge >= 0.3 is 6.18 Å². The lowest BCUT2D eigenvalue weighted by Crippen LogP contribution is -2.35. The van der Waals surface area contributed by atoms with Crippen molar-refractivity contribution in [2.75, 3.05) is 17.3 Å². The van der Waals surface area contributed by atoms with Gasteiger partial charge in [0.15, 0.2) is 0 Å². The minimum absolute atomic E-state index is 0.168. The Morgan fingerprint density at radius 2 is 2.10 bits per heavy atom. The van der Waals surface area contributed by atoms with Crippen LogP contribution in [0.5, 0.6) is 0 Å². The predicted octanol–water partition coefficient (Wildman–Crippen LogP) is 3.90. The van der Waals surface area contributed by atoms with Gasteiger partial charge in [-0.3, -0.25) is 4.79 Å². The normalized spacial score (nSPS) is 27.2. The highest BCUT2D eigenvalue weighted by Crippen LogP contribution is 2.39. The zero-order valence-corrected chi connectivity index (χ0v) is 12.1. The number of halogens is 5. The molecule has 110 valence electrons. The Balaban J connectivity index is 2.36. The van der Waals surface area contributed by atoms with Gasteiger partial charge in [-0.2, -0.15) is 13.2 Å². The molecule has 1 heterocycles. The molecule has 20 heavy (non-hydrogen) atoms. The van der Waals surface area contributed by atoms with Crippen molar-refractivity contribution in [1.29, 1.82) is 0 Å². The molecule has 1 amide bonds. The van der Waals surface area contributed by atoms with Crippen LogP contribution in [0.25, 0.3) is 0 Å². The van der Waals surface area contributed by atoms with Gasteiger partial charge in [0.05, 0.1) is 5.56 Å². The van der Waals surface area contributed by atoms with Crippen LogP contribution in [0.2, 0.25) is 0 Å². The Bertz CT molecular complexity index is 531.